The predicted molar refractivity (Wildman–Crippen MR) is 110 cm³/mol. The van der Waals surface area contributed by atoms with Crippen LogP contribution in [0.4, 0.5) is 0 Å². The first-order chi connectivity index (χ1) is 14.5. The maximum Gasteiger partial charge on any atom is 0.331 e. The van der Waals surface area contributed by atoms with Crippen molar-refractivity contribution in [3.8, 4) is 0 Å². The van der Waals surface area contributed by atoms with E-state index in [4.69, 9.17) is 4.74 Å². The number of cyclic esters (lactones) is 1. The fraction of sp³-hybridized carbons (Fsp3) is 0.833. The van der Waals surface area contributed by atoms with Gasteiger partial charge < -0.3 is 25.2 Å². The molecule has 10 atom stereocenters. The van der Waals surface area contributed by atoms with Gasteiger partial charge in [0.25, 0.3) is 0 Å². The molecule has 0 aromatic carbocycles. The summed E-state index contributed by atoms with van der Waals surface area (Å²) in [4.78, 5) is 23.9. The number of aliphatic carboxylic acids is 1. The van der Waals surface area contributed by atoms with Crippen LogP contribution >= 0.6 is 0 Å². The summed E-state index contributed by atoms with van der Waals surface area (Å²) >= 11 is 0. The van der Waals surface area contributed by atoms with E-state index in [1.165, 1.54) is 6.08 Å². The topological polar surface area (TPSA) is 124 Å². The summed E-state index contributed by atoms with van der Waals surface area (Å²) in [6, 6.07) is 0. The van der Waals surface area contributed by atoms with Crippen molar-refractivity contribution in [1.29, 1.82) is 0 Å². The van der Waals surface area contributed by atoms with E-state index in [2.05, 4.69) is 0 Å². The third kappa shape index (κ3) is 2.63. The second kappa shape index (κ2) is 6.78. The highest BCUT2D eigenvalue weighted by Crippen LogP contribution is 2.70. The normalized spacial score (nSPS) is 53.8. The number of carboxylic acid groups (broad SMARTS) is 1. The zero-order valence-electron chi connectivity index (χ0n) is 18.3. The van der Waals surface area contributed by atoms with Crippen molar-refractivity contribution in [2.24, 2.45) is 40.4 Å². The molecule has 5 aliphatic rings. The third-order valence-electron chi connectivity index (χ3n) is 10.5. The van der Waals surface area contributed by atoms with Crippen LogP contribution in [0.3, 0.4) is 0 Å². The Balaban J connectivity index is 1.55. The van der Waals surface area contributed by atoms with Crippen molar-refractivity contribution >= 4 is 11.9 Å². The Morgan fingerprint density at radius 2 is 1.84 bits per heavy atom. The number of ether oxygens (including phenoxy) is 1. The molecule has 1 heterocycles. The van der Waals surface area contributed by atoms with Crippen LogP contribution in [-0.4, -0.2) is 56.8 Å². The molecule has 0 aromatic heterocycles. The van der Waals surface area contributed by atoms with Crippen LogP contribution in [0.25, 0.3) is 0 Å². The molecule has 1 unspecified atom stereocenters. The number of esters is 1. The van der Waals surface area contributed by atoms with Gasteiger partial charge in [0, 0.05) is 11.5 Å². The number of aliphatic hydroxyl groups is 3. The van der Waals surface area contributed by atoms with Crippen LogP contribution < -0.4 is 0 Å². The summed E-state index contributed by atoms with van der Waals surface area (Å²) in [7, 11) is 0. The van der Waals surface area contributed by atoms with E-state index in [0.29, 0.717) is 25.7 Å². The average Bonchev–Trinajstić information content (AvgIpc) is 3.24. The minimum atomic E-state index is -1.13. The first-order valence-electron chi connectivity index (χ1n) is 11.7. The lowest BCUT2D eigenvalue weighted by atomic mass is 9.40. The van der Waals surface area contributed by atoms with Crippen molar-refractivity contribution in [3.63, 3.8) is 0 Å². The van der Waals surface area contributed by atoms with E-state index >= 15 is 0 Å². The zero-order valence-corrected chi connectivity index (χ0v) is 18.3. The van der Waals surface area contributed by atoms with Crippen LogP contribution in [0.2, 0.25) is 0 Å². The van der Waals surface area contributed by atoms with E-state index < -0.39 is 40.5 Å². The lowest BCUT2D eigenvalue weighted by molar-refractivity contribution is -0.254. The summed E-state index contributed by atoms with van der Waals surface area (Å²) in [6.07, 6.45) is 4.11. The molecule has 5 rings (SSSR count). The molecule has 4 aliphatic carbocycles. The monoisotopic (exact) mass is 434 g/mol. The van der Waals surface area contributed by atoms with E-state index in [0.717, 1.165) is 18.4 Å². The van der Waals surface area contributed by atoms with Gasteiger partial charge in [-0.2, -0.15) is 0 Å². The van der Waals surface area contributed by atoms with Gasteiger partial charge in [-0.15, -0.1) is 0 Å². The van der Waals surface area contributed by atoms with Gasteiger partial charge in [0.1, 0.15) is 6.61 Å². The molecule has 4 N–H and O–H groups in total. The fourth-order valence-electron chi connectivity index (χ4n) is 8.84. The Labute approximate surface area is 182 Å². The van der Waals surface area contributed by atoms with Crippen molar-refractivity contribution in [2.75, 3.05) is 6.61 Å². The molecule has 0 bridgehead atoms. The molecule has 0 amide bonds. The molecule has 4 saturated carbocycles. The number of aliphatic hydroxyl groups excluding tert-OH is 2. The summed E-state index contributed by atoms with van der Waals surface area (Å²) in [5.74, 6) is -2.23. The highest BCUT2D eigenvalue weighted by Gasteiger charge is 2.72. The molecule has 31 heavy (non-hydrogen) atoms. The summed E-state index contributed by atoms with van der Waals surface area (Å²) in [5, 5.41) is 44.1. The number of carbonyl (C=O) groups excluding carboxylic acids is 1. The largest absolute Gasteiger partial charge is 0.481 e. The maximum atomic E-state index is 12.3. The Bertz CT molecular complexity index is 838. The van der Waals surface area contributed by atoms with E-state index in [1.54, 1.807) is 0 Å². The molecular weight excluding hydrogens is 400 g/mol. The van der Waals surface area contributed by atoms with Gasteiger partial charge >= 0.3 is 11.9 Å². The molecule has 172 valence electrons. The standard InChI is InChI=1S/C24H34O7/c1-22-13(8-14(25)9-18(22)21(28)29)3-4-16-17(22)10-19(26)23(2)15(5-6-24(16,23)30)12-7-20(27)31-11-12/h7,13-19,25-26,30H,3-6,8-11H2,1-2H3,(H,28,29)/t13-,14+,15-,16-,17+,18?,19-,22+,23+,24+/m1/s1. The van der Waals surface area contributed by atoms with E-state index in [1.807, 2.05) is 13.8 Å². The quantitative estimate of drug-likeness (QED) is 0.489. The predicted octanol–water partition coefficient (Wildman–Crippen LogP) is 1.89. The third-order valence-corrected chi connectivity index (χ3v) is 10.5. The van der Waals surface area contributed by atoms with Gasteiger partial charge in [0.2, 0.25) is 0 Å². The highest BCUT2D eigenvalue weighted by atomic mass is 16.5. The smallest absolute Gasteiger partial charge is 0.331 e. The molecule has 0 radical (unpaired) electrons. The van der Waals surface area contributed by atoms with Gasteiger partial charge in [-0.25, -0.2) is 4.79 Å². The van der Waals surface area contributed by atoms with Crippen LogP contribution in [0.1, 0.15) is 58.8 Å². The van der Waals surface area contributed by atoms with Gasteiger partial charge in [-0.1, -0.05) is 13.8 Å². The minimum absolute atomic E-state index is 0.0690. The minimum Gasteiger partial charge on any atom is -0.481 e. The lowest BCUT2D eigenvalue weighted by Crippen LogP contribution is -2.68. The van der Waals surface area contributed by atoms with Crippen molar-refractivity contribution in [1.82, 2.24) is 0 Å². The SMILES string of the molecule is C[C@]12C(C(=O)O)C[C@@H](O)C[C@H]1CC[C@@H]1[C@@H]2C[C@@H](O)[C@]2(C)[C@@H](C3=CC(=O)OC3)CC[C@]12O. The van der Waals surface area contributed by atoms with Gasteiger partial charge in [-0.3, -0.25) is 4.79 Å². The molecule has 4 fully saturated rings. The molecule has 7 heteroatoms. The van der Waals surface area contributed by atoms with Crippen LogP contribution in [-0.2, 0) is 14.3 Å². The Morgan fingerprint density at radius 1 is 1.10 bits per heavy atom. The lowest BCUT2D eigenvalue weighted by Gasteiger charge is -2.65. The summed E-state index contributed by atoms with van der Waals surface area (Å²) < 4.78 is 5.13. The van der Waals surface area contributed by atoms with Crippen LogP contribution in [0.5, 0.6) is 0 Å². The van der Waals surface area contributed by atoms with Crippen LogP contribution in [0.15, 0.2) is 11.6 Å². The Kier molecular flexibility index (Phi) is 4.68. The highest BCUT2D eigenvalue weighted by molar-refractivity contribution is 5.85. The number of rotatable bonds is 2. The number of carbonyl (C=O) groups is 2. The fourth-order valence-corrected chi connectivity index (χ4v) is 8.84. The second-order valence-corrected chi connectivity index (χ2v) is 11.2. The number of carboxylic acids is 1. The number of fused-ring (bicyclic) bond motifs is 5. The Morgan fingerprint density at radius 3 is 2.48 bits per heavy atom. The maximum absolute atomic E-state index is 12.3. The molecule has 7 nitrogen and oxygen atoms in total. The molecule has 0 spiro atoms. The second-order valence-electron chi connectivity index (χ2n) is 11.2. The number of hydrogen-bond acceptors (Lipinski definition) is 6. The molecule has 0 saturated heterocycles. The summed E-state index contributed by atoms with van der Waals surface area (Å²) in [5.41, 5.74) is -1.65. The zero-order chi connectivity index (χ0) is 22.3. The molecule has 1 aliphatic heterocycles. The van der Waals surface area contributed by atoms with Crippen LogP contribution in [0, 0.1) is 40.4 Å². The van der Waals surface area contributed by atoms with Gasteiger partial charge in [0.05, 0.1) is 23.7 Å². The first kappa shape index (κ1) is 21.4. The van der Waals surface area contributed by atoms with Crippen molar-refractivity contribution in [3.05, 3.63) is 11.6 Å². The Hall–Kier alpha value is -1.44. The van der Waals surface area contributed by atoms with Crippen molar-refractivity contribution in [2.45, 2.75) is 76.6 Å². The average molecular weight is 435 g/mol. The van der Waals surface area contributed by atoms with Crippen molar-refractivity contribution < 1.29 is 34.8 Å². The van der Waals surface area contributed by atoms with Gasteiger partial charge in [-0.05, 0) is 79.6 Å². The number of hydrogen-bond donors (Lipinski definition) is 4. The molecule has 0 aromatic rings. The first-order valence-corrected chi connectivity index (χ1v) is 11.7. The van der Waals surface area contributed by atoms with E-state index in [9.17, 15) is 30.0 Å². The van der Waals surface area contributed by atoms with Gasteiger partial charge in [0.15, 0.2) is 0 Å². The van der Waals surface area contributed by atoms with E-state index in [-0.39, 0.29) is 42.7 Å². The molecular formula is C24H34O7. The summed E-state index contributed by atoms with van der Waals surface area (Å²) in [6.45, 7) is 4.19.